The van der Waals surface area contributed by atoms with Crippen LogP contribution >= 0.6 is 24.0 Å². The van der Waals surface area contributed by atoms with E-state index in [9.17, 15) is 4.79 Å². The Labute approximate surface area is 143 Å². The molecule has 1 aliphatic heterocycles. The van der Waals surface area contributed by atoms with Gasteiger partial charge in [-0.15, -0.1) is 12.4 Å². The minimum atomic E-state index is -0.158. The number of rotatable bonds is 4. The molecule has 3 unspecified atom stereocenters. The Morgan fingerprint density at radius 2 is 2.18 bits per heavy atom. The summed E-state index contributed by atoms with van der Waals surface area (Å²) >= 11 is 6.22. The van der Waals surface area contributed by atoms with E-state index < -0.39 is 0 Å². The first-order valence-electron chi connectivity index (χ1n) is 7.40. The van der Waals surface area contributed by atoms with E-state index in [-0.39, 0.29) is 36.5 Å². The van der Waals surface area contributed by atoms with Gasteiger partial charge in [-0.2, -0.15) is 0 Å². The van der Waals surface area contributed by atoms with Gasteiger partial charge < -0.3 is 15.4 Å². The highest BCUT2D eigenvalue weighted by atomic mass is 35.5. The SMILES string of the molecule is CC(N)CCC(=O)N1CC(c2ccccc2Cl)OCC1C.Cl. The van der Waals surface area contributed by atoms with E-state index >= 15 is 0 Å². The van der Waals surface area contributed by atoms with Crippen molar-refractivity contribution in [2.24, 2.45) is 5.73 Å². The number of carbonyl (C=O) groups is 1. The zero-order valence-electron chi connectivity index (χ0n) is 13.0. The largest absolute Gasteiger partial charge is 0.369 e. The summed E-state index contributed by atoms with van der Waals surface area (Å²) in [5, 5.41) is 0.681. The molecule has 0 aliphatic carbocycles. The highest BCUT2D eigenvalue weighted by Gasteiger charge is 2.31. The van der Waals surface area contributed by atoms with Crippen LogP contribution in [0.3, 0.4) is 0 Å². The maximum Gasteiger partial charge on any atom is 0.223 e. The summed E-state index contributed by atoms with van der Waals surface area (Å²) in [5.74, 6) is 0.139. The van der Waals surface area contributed by atoms with E-state index in [1.54, 1.807) is 0 Å². The fourth-order valence-corrected chi connectivity index (χ4v) is 2.78. The van der Waals surface area contributed by atoms with Crippen molar-refractivity contribution in [3.8, 4) is 0 Å². The van der Waals surface area contributed by atoms with E-state index in [2.05, 4.69) is 0 Å². The summed E-state index contributed by atoms with van der Waals surface area (Å²) in [6.45, 7) is 5.00. The summed E-state index contributed by atoms with van der Waals surface area (Å²) in [4.78, 5) is 14.2. The topological polar surface area (TPSA) is 55.6 Å². The van der Waals surface area contributed by atoms with E-state index in [1.165, 1.54) is 0 Å². The third-order valence-corrected chi connectivity index (χ3v) is 4.16. The number of nitrogens with two attached hydrogens (primary N) is 1. The standard InChI is InChI=1S/C16H23ClN2O2.ClH/c1-11(18)7-8-16(20)19-9-15(21-10-12(19)2)13-5-3-4-6-14(13)17;/h3-6,11-12,15H,7-10,18H2,1-2H3;1H. The van der Waals surface area contributed by atoms with Crippen molar-refractivity contribution in [3.63, 3.8) is 0 Å². The predicted molar refractivity (Wildman–Crippen MR) is 91.5 cm³/mol. The first kappa shape index (κ1) is 19.2. The van der Waals surface area contributed by atoms with Gasteiger partial charge in [0.25, 0.3) is 0 Å². The summed E-state index contributed by atoms with van der Waals surface area (Å²) in [5.41, 5.74) is 6.67. The number of nitrogens with zero attached hydrogens (tertiary/aromatic N) is 1. The molecule has 1 heterocycles. The maximum absolute atomic E-state index is 12.4. The molecule has 0 bridgehead atoms. The van der Waals surface area contributed by atoms with Crippen LogP contribution in [-0.4, -0.2) is 36.0 Å². The van der Waals surface area contributed by atoms with Gasteiger partial charge >= 0.3 is 0 Å². The molecule has 2 rings (SSSR count). The van der Waals surface area contributed by atoms with E-state index in [4.69, 9.17) is 22.1 Å². The Morgan fingerprint density at radius 3 is 2.82 bits per heavy atom. The Morgan fingerprint density at radius 1 is 1.50 bits per heavy atom. The molecule has 0 spiro atoms. The van der Waals surface area contributed by atoms with Crippen LogP contribution < -0.4 is 5.73 Å². The molecule has 1 aliphatic rings. The lowest BCUT2D eigenvalue weighted by molar-refractivity contribution is -0.144. The second-order valence-electron chi connectivity index (χ2n) is 5.75. The van der Waals surface area contributed by atoms with E-state index in [1.807, 2.05) is 43.0 Å². The third-order valence-electron chi connectivity index (χ3n) is 3.82. The Bertz CT molecular complexity index is 497. The van der Waals surface area contributed by atoms with Crippen molar-refractivity contribution < 1.29 is 9.53 Å². The molecule has 1 aromatic rings. The van der Waals surface area contributed by atoms with Gasteiger partial charge in [0.15, 0.2) is 0 Å². The molecule has 124 valence electrons. The van der Waals surface area contributed by atoms with Crippen LogP contribution in [0.5, 0.6) is 0 Å². The molecule has 6 heteroatoms. The molecular formula is C16H24Cl2N2O2. The van der Waals surface area contributed by atoms with Gasteiger partial charge in [-0.1, -0.05) is 29.8 Å². The lowest BCUT2D eigenvalue weighted by Crippen LogP contribution is -2.48. The number of morpholine rings is 1. The summed E-state index contributed by atoms with van der Waals surface area (Å²) < 4.78 is 5.86. The Balaban J connectivity index is 0.00000242. The zero-order chi connectivity index (χ0) is 15.4. The van der Waals surface area contributed by atoms with Gasteiger partial charge in [0.05, 0.1) is 19.2 Å². The van der Waals surface area contributed by atoms with E-state index in [0.29, 0.717) is 31.0 Å². The second kappa shape index (κ2) is 8.73. The van der Waals surface area contributed by atoms with Crippen LogP contribution in [0.2, 0.25) is 5.02 Å². The lowest BCUT2D eigenvalue weighted by Gasteiger charge is -2.38. The number of ether oxygens (including phenoxy) is 1. The minimum Gasteiger partial charge on any atom is -0.369 e. The molecule has 4 nitrogen and oxygen atoms in total. The van der Waals surface area contributed by atoms with Crippen LogP contribution in [-0.2, 0) is 9.53 Å². The molecule has 2 N–H and O–H groups in total. The van der Waals surface area contributed by atoms with Crippen molar-refractivity contribution in [1.29, 1.82) is 0 Å². The van der Waals surface area contributed by atoms with Crippen LogP contribution in [0.4, 0.5) is 0 Å². The normalized spacial score (nSPS) is 22.8. The van der Waals surface area contributed by atoms with Crippen molar-refractivity contribution in [2.75, 3.05) is 13.2 Å². The molecule has 1 saturated heterocycles. The quantitative estimate of drug-likeness (QED) is 0.910. The van der Waals surface area contributed by atoms with Gasteiger partial charge in [-0.05, 0) is 26.3 Å². The number of hydrogen-bond donors (Lipinski definition) is 1. The monoisotopic (exact) mass is 346 g/mol. The summed E-state index contributed by atoms with van der Waals surface area (Å²) in [6, 6.07) is 7.76. The molecule has 0 radical (unpaired) electrons. The predicted octanol–water partition coefficient (Wildman–Crippen LogP) is 3.18. The van der Waals surface area contributed by atoms with Gasteiger partial charge in [-0.25, -0.2) is 0 Å². The van der Waals surface area contributed by atoms with Crippen molar-refractivity contribution in [1.82, 2.24) is 4.90 Å². The van der Waals surface area contributed by atoms with Crippen molar-refractivity contribution >= 4 is 29.9 Å². The maximum atomic E-state index is 12.4. The zero-order valence-corrected chi connectivity index (χ0v) is 14.6. The molecule has 1 amide bonds. The van der Waals surface area contributed by atoms with E-state index in [0.717, 1.165) is 5.56 Å². The molecule has 0 saturated carbocycles. The smallest absolute Gasteiger partial charge is 0.223 e. The van der Waals surface area contributed by atoms with Crippen LogP contribution in [0.1, 0.15) is 38.4 Å². The van der Waals surface area contributed by atoms with Gasteiger partial charge in [0, 0.05) is 23.0 Å². The van der Waals surface area contributed by atoms with Crippen LogP contribution in [0.15, 0.2) is 24.3 Å². The molecule has 0 aromatic heterocycles. The Kier molecular flexibility index (Phi) is 7.63. The molecule has 22 heavy (non-hydrogen) atoms. The number of amides is 1. The van der Waals surface area contributed by atoms with Gasteiger partial charge in [0.2, 0.25) is 5.91 Å². The van der Waals surface area contributed by atoms with Crippen LogP contribution in [0.25, 0.3) is 0 Å². The number of benzene rings is 1. The number of carbonyl (C=O) groups excluding carboxylic acids is 1. The first-order chi connectivity index (χ1) is 9.99. The molecule has 1 fully saturated rings. The third kappa shape index (κ3) is 4.85. The molecule has 1 aromatic carbocycles. The van der Waals surface area contributed by atoms with Crippen molar-refractivity contribution in [2.45, 2.75) is 44.9 Å². The lowest BCUT2D eigenvalue weighted by atomic mass is 10.0. The highest BCUT2D eigenvalue weighted by Crippen LogP contribution is 2.30. The number of halogens is 2. The first-order valence-corrected chi connectivity index (χ1v) is 7.78. The summed E-state index contributed by atoms with van der Waals surface area (Å²) in [6.07, 6.45) is 1.03. The average Bonchev–Trinajstić information content (AvgIpc) is 2.46. The molecule has 3 atom stereocenters. The van der Waals surface area contributed by atoms with Gasteiger partial charge in [-0.3, -0.25) is 4.79 Å². The van der Waals surface area contributed by atoms with Crippen molar-refractivity contribution in [3.05, 3.63) is 34.9 Å². The fraction of sp³-hybridized carbons (Fsp3) is 0.562. The van der Waals surface area contributed by atoms with Gasteiger partial charge in [0.1, 0.15) is 6.10 Å². The minimum absolute atomic E-state index is 0. The summed E-state index contributed by atoms with van der Waals surface area (Å²) in [7, 11) is 0. The highest BCUT2D eigenvalue weighted by molar-refractivity contribution is 6.31. The Hall–Kier alpha value is -0.810. The molecular weight excluding hydrogens is 323 g/mol. The number of hydrogen-bond acceptors (Lipinski definition) is 3. The second-order valence-corrected chi connectivity index (χ2v) is 6.16. The average molecular weight is 347 g/mol. The van der Waals surface area contributed by atoms with Crippen LogP contribution in [0, 0.1) is 0 Å². The fourth-order valence-electron chi connectivity index (χ4n) is 2.52.